The second-order valence-corrected chi connectivity index (χ2v) is 12.5. The first kappa shape index (κ1) is 29.5. The molecule has 0 bridgehead atoms. The van der Waals surface area contributed by atoms with Crippen LogP contribution < -0.4 is 0 Å². The number of hydrogen-bond acceptors (Lipinski definition) is 7. The Labute approximate surface area is 297 Å². The van der Waals surface area contributed by atoms with Gasteiger partial charge in [0.25, 0.3) is 0 Å². The van der Waals surface area contributed by atoms with E-state index in [2.05, 4.69) is 65.7 Å². The van der Waals surface area contributed by atoms with Crippen LogP contribution in [0.15, 0.2) is 160 Å². The van der Waals surface area contributed by atoms with E-state index in [-0.39, 0.29) is 5.89 Å². The summed E-state index contributed by atoms with van der Waals surface area (Å²) in [6.45, 7) is 0. The fourth-order valence-corrected chi connectivity index (χ4v) is 7.04. The first-order chi connectivity index (χ1) is 25.7. The molecule has 0 amide bonds. The van der Waals surface area contributed by atoms with Crippen molar-refractivity contribution in [2.75, 3.05) is 0 Å². The number of aromatic nitrogens is 4. The molecule has 3 heterocycles. The van der Waals surface area contributed by atoms with Crippen LogP contribution in [0.2, 0.25) is 0 Å². The van der Waals surface area contributed by atoms with Crippen LogP contribution in [-0.2, 0) is 0 Å². The molecule has 10 rings (SSSR count). The van der Waals surface area contributed by atoms with Gasteiger partial charge in [-0.15, -0.1) is 0 Å². The van der Waals surface area contributed by atoms with E-state index >= 15 is 0 Å². The Morgan fingerprint density at radius 1 is 0.423 bits per heavy atom. The van der Waals surface area contributed by atoms with Gasteiger partial charge < -0.3 is 8.83 Å². The molecule has 0 radical (unpaired) electrons. The first-order valence-electron chi connectivity index (χ1n) is 16.9. The Morgan fingerprint density at radius 3 is 1.58 bits per heavy atom. The Kier molecular flexibility index (Phi) is 6.73. The number of benzene rings is 7. The third kappa shape index (κ3) is 4.82. The first-order valence-corrected chi connectivity index (χ1v) is 16.9. The molecular formula is C45H25N5O2. The average Bonchev–Trinajstić information content (AvgIpc) is 3.82. The lowest BCUT2D eigenvalue weighted by Crippen LogP contribution is -2.00. The third-order valence-corrected chi connectivity index (χ3v) is 9.46. The SMILES string of the molecule is N#Cc1nc2cc(-c3ccc(-c4ccc(-c5nc(-c6ccccc6)nc(-c6ccccc6)n5)cc4)c4ccccc34)c3oc4ccccc4c3c2o1. The molecular weight excluding hydrogens is 643 g/mol. The highest BCUT2D eigenvalue weighted by Gasteiger charge is 2.22. The number of oxazole rings is 1. The zero-order valence-corrected chi connectivity index (χ0v) is 27.5. The van der Waals surface area contributed by atoms with Crippen LogP contribution in [0.5, 0.6) is 0 Å². The van der Waals surface area contributed by atoms with Crippen molar-refractivity contribution in [2.45, 2.75) is 0 Å². The van der Waals surface area contributed by atoms with Crippen molar-refractivity contribution < 1.29 is 8.83 Å². The Morgan fingerprint density at radius 2 is 0.942 bits per heavy atom. The summed E-state index contributed by atoms with van der Waals surface area (Å²) in [4.78, 5) is 19.1. The van der Waals surface area contributed by atoms with Crippen molar-refractivity contribution in [1.82, 2.24) is 19.9 Å². The number of nitriles is 1. The molecule has 0 unspecified atom stereocenters. The zero-order valence-electron chi connectivity index (χ0n) is 27.5. The average molecular weight is 668 g/mol. The van der Waals surface area contributed by atoms with E-state index in [1.165, 1.54) is 0 Å². The van der Waals surface area contributed by atoms with Crippen LogP contribution >= 0.6 is 0 Å². The number of para-hydroxylation sites is 1. The van der Waals surface area contributed by atoms with Crippen LogP contribution in [0.4, 0.5) is 0 Å². The van der Waals surface area contributed by atoms with Crippen molar-refractivity contribution in [2.24, 2.45) is 0 Å². The fraction of sp³-hybridized carbons (Fsp3) is 0. The van der Waals surface area contributed by atoms with E-state index in [0.29, 0.717) is 34.2 Å². The summed E-state index contributed by atoms with van der Waals surface area (Å²) in [6, 6.07) is 52.9. The molecule has 242 valence electrons. The number of furan rings is 1. The van der Waals surface area contributed by atoms with E-state index in [4.69, 9.17) is 23.8 Å². The molecule has 0 fully saturated rings. The summed E-state index contributed by atoms with van der Waals surface area (Å²) in [5.74, 6) is 1.88. The molecule has 0 aliphatic rings. The molecule has 0 saturated heterocycles. The predicted molar refractivity (Wildman–Crippen MR) is 204 cm³/mol. The van der Waals surface area contributed by atoms with Crippen molar-refractivity contribution >= 4 is 43.8 Å². The molecule has 0 aliphatic carbocycles. The minimum Gasteiger partial charge on any atom is -0.455 e. The maximum absolute atomic E-state index is 9.60. The van der Waals surface area contributed by atoms with Crippen LogP contribution in [0, 0.1) is 11.3 Å². The Balaban J connectivity index is 1.10. The monoisotopic (exact) mass is 667 g/mol. The number of nitrogens with zero attached hydrogens (tertiary/aromatic N) is 5. The lowest BCUT2D eigenvalue weighted by atomic mass is 9.91. The minimum absolute atomic E-state index is 0.0205. The molecule has 0 spiro atoms. The molecule has 0 N–H and O–H groups in total. The van der Waals surface area contributed by atoms with Gasteiger partial charge in [0.1, 0.15) is 16.7 Å². The van der Waals surface area contributed by atoms with Gasteiger partial charge in [0.15, 0.2) is 29.1 Å². The maximum atomic E-state index is 9.60. The summed E-state index contributed by atoms with van der Waals surface area (Å²) in [5.41, 5.74) is 9.38. The quantitative estimate of drug-likeness (QED) is 0.180. The fourth-order valence-electron chi connectivity index (χ4n) is 7.04. The van der Waals surface area contributed by atoms with Crippen molar-refractivity contribution in [3.05, 3.63) is 158 Å². The van der Waals surface area contributed by atoms with Gasteiger partial charge in [-0.05, 0) is 39.6 Å². The molecule has 52 heavy (non-hydrogen) atoms. The van der Waals surface area contributed by atoms with E-state index < -0.39 is 0 Å². The van der Waals surface area contributed by atoms with Crippen LogP contribution in [0.1, 0.15) is 5.89 Å². The van der Waals surface area contributed by atoms with Gasteiger partial charge in [-0.3, -0.25) is 0 Å². The molecule has 7 nitrogen and oxygen atoms in total. The van der Waals surface area contributed by atoms with Crippen molar-refractivity contribution in [1.29, 1.82) is 5.26 Å². The largest absolute Gasteiger partial charge is 0.455 e. The molecule has 10 aromatic rings. The van der Waals surface area contributed by atoms with Gasteiger partial charge >= 0.3 is 5.89 Å². The number of fused-ring (bicyclic) bond motifs is 6. The number of hydrogen-bond donors (Lipinski definition) is 0. The summed E-state index contributed by atoms with van der Waals surface area (Å²) in [7, 11) is 0. The molecule has 0 aliphatic heterocycles. The highest BCUT2D eigenvalue weighted by molar-refractivity contribution is 6.22. The van der Waals surface area contributed by atoms with E-state index in [1.807, 2.05) is 97.1 Å². The molecule has 3 aromatic heterocycles. The highest BCUT2D eigenvalue weighted by atomic mass is 16.4. The minimum atomic E-state index is 0.0205. The summed E-state index contributed by atoms with van der Waals surface area (Å²) in [5, 5.41) is 13.5. The van der Waals surface area contributed by atoms with Gasteiger partial charge in [0, 0.05) is 27.6 Å². The van der Waals surface area contributed by atoms with Crippen molar-refractivity contribution in [3.8, 4) is 62.5 Å². The van der Waals surface area contributed by atoms with Crippen LogP contribution in [-0.4, -0.2) is 19.9 Å². The second kappa shape index (κ2) is 11.9. The zero-order chi connectivity index (χ0) is 34.6. The van der Waals surface area contributed by atoms with E-state index in [9.17, 15) is 5.26 Å². The lowest BCUT2D eigenvalue weighted by molar-refractivity contribution is 0.586. The van der Waals surface area contributed by atoms with Gasteiger partial charge in [0.05, 0.1) is 5.39 Å². The highest BCUT2D eigenvalue weighted by Crippen LogP contribution is 2.44. The van der Waals surface area contributed by atoms with Gasteiger partial charge in [-0.1, -0.05) is 140 Å². The van der Waals surface area contributed by atoms with Crippen LogP contribution in [0.3, 0.4) is 0 Å². The van der Waals surface area contributed by atoms with Crippen molar-refractivity contribution in [3.63, 3.8) is 0 Å². The molecule has 7 heteroatoms. The molecule has 7 aromatic carbocycles. The summed E-state index contributed by atoms with van der Waals surface area (Å²) in [6.07, 6.45) is 0. The smallest absolute Gasteiger partial charge is 0.301 e. The Bertz CT molecular complexity index is 2960. The Hall–Kier alpha value is -7.43. The van der Waals surface area contributed by atoms with Crippen LogP contribution in [0.25, 0.3) is 100 Å². The van der Waals surface area contributed by atoms with Gasteiger partial charge in [0.2, 0.25) is 0 Å². The molecule has 0 atom stereocenters. The maximum Gasteiger partial charge on any atom is 0.301 e. The number of rotatable bonds is 5. The van der Waals surface area contributed by atoms with Gasteiger partial charge in [-0.25, -0.2) is 15.0 Å². The second-order valence-electron chi connectivity index (χ2n) is 12.5. The van der Waals surface area contributed by atoms with E-state index in [0.717, 1.165) is 66.1 Å². The van der Waals surface area contributed by atoms with E-state index in [1.54, 1.807) is 0 Å². The molecule has 0 saturated carbocycles. The predicted octanol–water partition coefficient (Wildman–Crippen LogP) is 11.3. The standard InChI is InChI=1S/C45H25N5O2/c46-26-39-47-37-25-36(41-40(42(37)52-39)35-17-9-10-18-38(35)51-41)34-24-23-31(32-15-7-8-16-33(32)34)27-19-21-30(22-20-27)45-49-43(28-11-3-1-4-12-28)48-44(50-45)29-13-5-2-6-14-29/h1-25H. The van der Waals surface area contributed by atoms with Gasteiger partial charge in [-0.2, -0.15) is 10.2 Å². The summed E-state index contributed by atoms with van der Waals surface area (Å²) >= 11 is 0. The third-order valence-electron chi connectivity index (χ3n) is 9.46. The summed E-state index contributed by atoms with van der Waals surface area (Å²) < 4.78 is 12.4. The normalized spacial score (nSPS) is 11.4. The lowest BCUT2D eigenvalue weighted by Gasteiger charge is -2.13. The topological polar surface area (TPSA) is 102 Å².